The van der Waals surface area contributed by atoms with Crippen LogP contribution >= 0.6 is 0 Å². The third kappa shape index (κ3) is 3.19. The Kier molecular flexibility index (Phi) is 4.41. The van der Waals surface area contributed by atoms with E-state index in [4.69, 9.17) is 4.42 Å². The number of fused-ring (bicyclic) bond motifs is 1. The molecule has 1 N–H and O–H groups in total. The Hall–Kier alpha value is -2.76. The van der Waals surface area contributed by atoms with Crippen molar-refractivity contribution in [3.8, 4) is 0 Å². The molecule has 0 bridgehead atoms. The topological polar surface area (TPSA) is 65.8 Å². The summed E-state index contributed by atoms with van der Waals surface area (Å²) in [6, 6.07) is 9.69. The smallest absolute Gasteiger partial charge is 0.322 e. The van der Waals surface area contributed by atoms with Gasteiger partial charge < -0.3 is 14.6 Å². The van der Waals surface area contributed by atoms with Gasteiger partial charge >= 0.3 is 6.03 Å². The van der Waals surface area contributed by atoms with Gasteiger partial charge in [-0.15, -0.1) is 0 Å². The Balaban J connectivity index is 1.32. The number of amides is 3. The lowest BCUT2D eigenvalue weighted by molar-refractivity contribution is 0.0676. The summed E-state index contributed by atoms with van der Waals surface area (Å²) in [6.07, 6.45) is 3.93. The highest BCUT2D eigenvalue weighted by Gasteiger charge is 2.29. The van der Waals surface area contributed by atoms with E-state index in [1.54, 1.807) is 17.0 Å². The van der Waals surface area contributed by atoms with Gasteiger partial charge in [0.15, 0.2) is 5.76 Å². The van der Waals surface area contributed by atoms with Gasteiger partial charge in [0.05, 0.1) is 6.26 Å². The molecule has 6 heteroatoms. The number of anilines is 1. The molecule has 0 atom stereocenters. The lowest BCUT2D eigenvalue weighted by Gasteiger charge is -2.32. The minimum Gasteiger partial charge on any atom is -0.459 e. The van der Waals surface area contributed by atoms with Crippen LogP contribution in [0, 0.1) is 6.92 Å². The lowest BCUT2D eigenvalue weighted by Crippen LogP contribution is -2.50. The Morgan fingerprint density at radius 1 is 1.15 bits per heavy atom. The molecule has 2 aliphatic heterocycles. The van der Waals surface area contributed by atoms with Crippen molar-refractivity contribution in [1.82, 2.24) is 10.2 Å². The zero-order chi connectivity index (χ0) is 18.1. The first kappa shape index (κ1) is 16.7. The van der Waals surface area contributed by atoms with Gasteiger partial charge in [0, 0.05) is 31.4 Å². The van der Waals surface area contributed by atoms with Gasteiger partial charge in [-0.05, 0) is 49.9 Å². The number of carbonyl (C=O) groups excluding carboxylic acids is 2. The summed E-state index contributed by atoms with van der Waals surface area (Å²) in [5, 5.41) is 3.14. The number of likely N-dealkylation sites (tertiary alicyclic amines) is 1. The summed E-state index contributed by atoms with van der Waals surface area (Å²) in [5.74, 6) is 0.292. The van der Waals surface area contributed by atoms with Crippen molar-refractivity contribution >= 4 is 17.6 Å². The molecule has 0 unspecified atom stereocenters. The highest BCUT2D eigenvalue weighted by molar-refractivity contribution is 5.94. The maximum atomic E-state index is 12.7. The van der Waals surface area contributed by atoms with Crippen LogP contribution in [-0.4, -0.2) is 42.5 Å². The standard InChI is InChI=1S/C20H23N3O3/c1-14-4-5-17-15(13-14)6-11-23(17)20(25)21-16-7-9-22(10-8-16)19(24)18-3-2-12-26-18/h2-5,12-13,16H,6-11H2,1H3,(H,21,25). The number of rotatable bonds is 2. The van der Waals surface area contributed by atoms with Gasteiger partial charge in [0.1, 0.15) is 0 Å². The molecule has 0 spiro atoms. The highest BCUT2D eigenvalue weighted by atomic mass is 16.3. The van der Waals surface area contributed by atoms with Crippen molar-refractivity contribution < 1.29 is 14.0 Å². The molecule has 2 aliphatic rings. The monoisotopic (exact) mass is 353 g/mol. The van der Waals surface area contributed by atoms with Crippen LogP contribution in [0.5, 0.6) is 0 Å². The zero-order valence-electron chi connectivity index (χ0n) is 14.9. The summed E-state index contributed by atoms with van der Waals surface area (Å²) in [4.78, 5) is 28.6. The number of aryl methyl sites for hydroxylation is 1. The molecule has 1 aromatic heterocycles. The predicted octanol–water partition coefficient (Wildman–Crippen LogP) is 2.96. The number of hydrogen-bond donors (Lipinski definition) is 1. The Labute approximate surface area is 152 Å². The van der Waals surface area contributed by atoms with Crippen molar-refractivity contribution in [2.24, 2.45) is 0 Å². The van der Waals surface area contributed by atoms with Crippen LogP contribution in [0.3, 0.4) is 0 Å². The SMILES string of the molecule is Cc1ccc2c(c1)CCN2C(=O)NC1CCN(C(=O)c2ccco2)CC1. The first-order valence-electron chi connectivity index (χ1n) is 9.12. The summed E-state index contributed by atoms with van der Waals surface area (Å²) in [5.41, 5.74) is 3.47. The molecule has 0 saturated carbocycles. The average molecular weight is 353 g/mol. The molecule has 6 nitrogen and oxygen atoms in total. The van der Waals surface area contributed by atoms with E-state index in [0.717, 1.165) is 31.5 Å². The van der Waals surface area contributed by atoms with Crippen LogP contribution in [0.1, 0.15) is 34.5 Å². The van der Waals surface area contributed by atoms with Gasteiger partial charge in [0.25, 0.3) is 5.91 Å². The third-order valence-corrected chi connectivity index (χ3v) is 5.22. The molecule has 2 aromatic rings. The molecule has 3 amide bonds. The van der Waals surface area contributed by atoms with Crippen LogP contribution in [0.25, 0.3) is 0 Å². The second kappa shape index (κ2) is 6.86. The summed E-state index contributed by atoms with van der Waals surface area (Å²) < 4.78 is 5.18. The number of nitrogens with zero attached hydrogens (tertiary/aromatic N) is 2. The number of nitrogens with one attached hydrogen (secondary N) is 1. The van der Waals surface area contributed by atoms with Crippen LogP contribution in [0.15, 0.2) is 41.0 Å². The van der Waals surface area contributed by atoms with Crippen molar-refractivity contribution in [1.29, 1.82) is 0 Å². The number of benzene rings is 1. The normalized spacial score (nSPS) is 17.3. The second-order valence-corrected chi connectivity index (χ2v) is 7.03. The number of piperidine rings is 1. The van der Waals surface area contributed by atoms with E-state index in [0.29, 0.717) is 18.8 Å². The minimum atomic E-state index is -0.0800. The molecule has 4 rings (SSSR count). The molecule has 1 saturated heterocycles. The van der Waals surface area contributed by atoms with E-state index >= 15 is 0 Å². The van der Waals surface area contributed by atoms with Gasteiger partial charge in [-0.3, -0.25) is 9.69 Å². The minimum absolute atomic E-state index is 0.0385. The van der Waals surface area contributed by atoms with Crippen LogP contribution < -0.4 is 10.2 Å². The maximum Gasteiger partial charge on any atom is 0.322 e. The van der Waals surface area contributed by atoms with Gasteiger partial charge in [-0.25, -0.2) is 4.79 Å². The Bertz CT molecular complexity index is 808. The predicted molar refractivity (Wildman–Crippen MR) is 98.4 cm³/mol. The van der Waals surface area contributed by atoms with Gasteiger partial charge in [0.2, 0.25) is 0 Å². The van der Waals surface area contributed by atoms with E-state index in [1.807, 2.05) is 17.0 Å². The van der Waals surface area contributed by atoms with E-state index < -0.39 is 0 Å². The van der Waals surface area contributed by atoms with E-state index in [2.05, 4.69) is 18.3 Å². The molecular formula is C20H23N3O3. The number of carbonyl (C=O) groups is 2. The van der Waals surface area contributed by atoms with Crippen molar-refractivity contribution in [2.75, 3.05) is 24.5 Å². The van der Waals surface area contributed by atoms with Gasteiger partial charge in [-0.2, -0.15) is 0 Å². The van der Waals surface area contributed by atoms with Crippen molar-refractivity contribution in [3.05, 3.63) is 53.5 Å². The van der Waals surface area contributed by atoms with E-state index in [9.17, 15) is 9.59 Å². The molecule has 1 aromatic carbocycles. The lowest BCUT2D eigenvalue weighted by atomic mass is 10.0. The van der Waals surface area contributed by atoms with Crippen molar-refractivity contribution in [3.63, 3.8) is 0 Å². The molecule has 1 fully saturated rings. The quantitative estimate of drug-likeness (QED) is 0.903. The number of urea groups is 1. The molecular weight excluding hydrogens is 330 g/mol. The molecule has 3 heterocycles. The number of furan rings is 1. The molecule has 0 aliphatic carbocycles. The highest BCUT2D eigenvalue weighted by Crippen LogP contribution is 2.29. The Morgan fingerprint density at radius 3 is 2.69 bits per heavy atom. The van der Waals surface area contributed by atoms with E-state index in [1.165, 1.54) is 17.4 Å². The fourth-order valence-electron chi connectivity index (χ4n) is 3.78. The summed E-state index contributed by atoms with van der Waals surface area (Å²) in [7, 11) is 0. The van der Waals surface area contributed by atoms with Crippen LogP contribution in [0.4, 0.5) is 10.5 Å². The van der Waals surface area contributed by atoms with Gasteiger partial charge in [-0.1, -0.05) is 17.7 Å². The largest absolute Gasteiger partial charge is 0.459 e. The maximum absolute atomic E-state index is 12.7. The zero-order valence-corrected chi connectivity index (χ0v) is 14.9. The van der Waals surface area contributed by atoms with Crippen LogP contribution in [0.2, 0.25) is 0 Å². The summed E-state index contributed by atoms with van der Waals surface area (Å²) in [6.45, 7) is 4.04. The fourth-order valence-corrected chi connectivity index (χ4v) is 3.78. The Morgan fingerprint density at radius 2 is 1.96 bits per heavy atom. The average Bonchev–Trinajstić information content (AvgIpc) is 3.31. The molecule has 0 radical (unpaired) electrons. The summed E-state index contributed by atoms with van der Waals surface area (Å²) >= 11 is 0. The van der Waals surface area contributed by atoms with Crippen LogP contribution in [-0.2, 0) is 6.42 Å². The number of hydrogen-bond acceptors (Lipinski definition) is 3. The first-order valence-corrected chi connectivity index (χ1v) is 9.12. The first-order chi connectivity index (χ1) is 12.6. The molecule has 26 heavy (non-hydrogen) atoms. The second-order valence-electron chi connectivity index (χ2n) is 7.03. The fraction of sp³-hybridized carbons (Fsp3) is 0.400. The van der Waals surface area contributed by atoms with E-state index in [-0.39, 0.29) is 18.0 Å². The molecule has 136 valence electrons. The third-order valence-electron chi connectivity index (χ3n) is 5.22. The van der Waals surface area contributed by atoms with Crippen molar-refractivity contribution in [2.45, 2.75) is 32.2 Å².